The lowest BCUT2D eigenvalue weighted by Crippen LogP contribution is -2.40. The fourth-order valence-electron chi connectivity index (χ4n) is 2.89. The van der Waals surface area contributed by atoms with Gasteiger partial charge < -0.3 is 5.32 Å². The van der Waals surface area contributed by atoms with Crippen LogP contribution in [0.4, 0.5) is 0 Å². The molecule has 3 aromatic rings. The van der Waals surface area contributed by atoms with Crippen molar-refractivity contribution < 1.29 is 8.42 Å². The Kier molecular flexibility index (Phi) is 9.01. The molecule has 34 heavy (non-hydrogen) atoms. The molecule has 178 valence electrons. The fourth-order valence-corrected chi connectivity index (χ4v) is 4.33. The molecule has 0 aliphatic heterocycles. The topological polar surface area (TPSA) is 70.9 Å². The van der Waals surface area contributed by atoms with Gasteiger partial charge in [0, 0.05) is 11.4 Å². The second-order valence-electron chi connectivity index (χ2n) is 7.40. The molecule has 3 aromatic carbocycles. The first-order valence-corrected chi connectivity index (χ1v) is 13.1. The van der Waals surface area contributed by atoms with E-state index in [-0.39, 0.29) is 29.5 Å². The summed E-state index contributed by atoms with van der Waals surface area (Å²) in [6.45, 7) is 2.04. The number of alkyl halides is 3. The van der Waals surface area contributed by atoms with Crippen LogP contribution in [0, 0.1) is 6.92 Å². The minimum Gasteiger partial charge on any atom is -0.328 e. The summed E-state index contributed by atoms with van der Waals surface area (Å²) in [6, 6.07) is 22.7. The van der Waals surface area contributed by atoms with E-state index < -0.39 is 13.8 Å². The van der Waals surface area contributed by atoms with Gasteiger partial charge in [0.05, 0.1) is 11.4 Å². The van der Waals surface area contributed by atoms with Crippen molar-refractivity contribution in [2.45, 2.75) is 28.6 Å². The maximum Gasteiger partial charge on any atom is 0.283 e. The maximum absolute atomic E-state index is 13.0. The Labute approximate surface area is 219 Å². The molecule has 10 heteroatoms. The van der Waals surface area contributed by atoms with E-state index >= 15 is 0 Å². The van der Waals surface area contributed by atoms with E-state index in [1.807, 2.05) is 37.3 Å². The van der Waals surface area contributed by atoms with Crippen molar-refractivity contribution in [3.63, 3.8) is 0 Å². The largest absolute Gasteiger partial charge is 0.328 e. The highest BCUT2D eigenvalue weighted by molar-refractivity contribution is 7.90. The minimum atomic E-state index is -4.03. The highest BCUT2D eigenvalue weighted by Gasteiger charge is 2.30. The molecule has 0 fully saturated rings. The van der Waals surface area contributed by atoms with Crippen LogP contribution in [-0.2, 0) is 23.0 Å². The second kappa shape index (κ2) is 11.6. The average Bonchev–Trinajstić information content (AvgIpc) is 2.77. The molecule has 0 saturated heterocycles. The summed E-state index contributed by atoms with van der Waals surface area (Å²) in [5.74, 6) is 0.00851. The molecule has 0 amide bonds. The Hall–Kier alpha value is -2.09. The van der Waals surface area contributed by atoms with Crippen LogP contribution in [0.5, 0.6) is 0 Å². The zero-order valence-corrected chi connectivity index (χ0v) is 21.9. The van der Waals surface area contributed by atoms with Crippen molar-refractivity contribution in [3.05, 3.63) is 101 Å². The molecule has 0 radical (unpaired) electrons. The predicted molar refractivity (Wildman–Crippen MR) is 142 cm³/mol. The van der Waals surface area contributed by atoms with Gasteiger partial charge in [-0.25, -0.2) is 0 Å². The molecule has 0 bridgehead atoms. The summed E-state index contributed by atoms with van der Waals surface area (Å²) in [5.41, 5.74) is 2.57. The summed E-state index contributed by atoms with van der Waals surface area (Å²) >= 11 is 24.4. The molecular formula is C24H21Cl4N3O2S. The minimum absolute atomic E-state index is 0.0544. The fraction of sp³-hybridized carbons (Fsp3) is 0.167. The Morgan fingerprint density at radius 3 is 2.09 bits per heavy atom. The molecule has 3 rings (SSSR count). The SMILES string of the molecule is Cc1ccc(S(=O)(=O)/N=C(/Cc2ccccc2)NC(=NCc2ccc(Cl)cc2)C(Cl)(Cl)Cl)cc1. The number of aliphatic imine (C=N–C) groups is 1. The van der Waals surface area contributed by atoms with Crippen LogP contribution >= 0.6 is 46.4 Å². The van der Waals surface area contributed by atoms with E-state index in [2.05, 4.69) is 14.7 Å². The molecule has 0 aliphatic carbocycles. The quantitative estimate of drug-likeness (QED) is 0.213. The lowest BCUT2D eigenvalue weighted by atomic mass is 10.1. The van der Waals surface area contributed by atoms with Gasteiger partial charge in [-0.2, -0.15) is 8.42 Å². The van der Waals surface area contributed by atoms with E-state index in [1.165, 1.54) is 12.1 Å². The number of hydrogen-bond acceptors (Lipinski definition) is 3. The van der Waals surface area contributed by atoms with Gasteiger partial charge in [0.2, 0.25) is 3.79 Å². The number of amidine groups is 2. The van der Waals surface area contributed by atoms with Crippen LogP contribution in [0.15, 0.2) is 93.1 Å². The van der Waals surface area contributed by atoms with Crippen molar-refractivity contribution in [1.82, 2.24) is 5.32 Å². The van der Waals surface area contributed by atoms with E-state index in [4.69, 9.17) is 46.4 Å². The highest BCUT2D eigenvalue weighted by atomic mass is 35.6. The van der Waals surface area contributed by atoms with Gasteiger partial charge in [-0.3, -0.25) is 4.99 Å². The van der Waals surface area contributed by atoms with Crippen molar-refractivity contribution in [1.29, 1.82) is 0 Å². The van der Waals surface area contributed by atoms with Crippen LogP contribution in [0.25, 0.3) is 0 Å². The van der Waals surface area contributed by atoms with Gasteiger partial charge >= 0.3 is 0 Å². The van der Waals surface area contributed by atoms with Crippen LogP contribution in [0.3, 0.4) is 0 Å². The van der Waals surface area contributed by atoms with Crippen LogP contribution in [-0.4, -0.2) is 23.9 Å². The molecule has 5 nitrogen and oxygen atoms in total. The second-order valence-corrected chi connectivity index (χ2v) is 11.7. The summed E-state index contributed by atoms with van der Waals surface area (Å²) in [5, 5.41) is 3.45. The monoisotopic (exact) mass is 555 g/mol. The number of halogens is 4. The van der Waals surface area contributed by atoms with Gasteiger partial charge in [0.1, 0.15) is 5.84 Å². The zero-order valence-electron chi connectivity index (χ0n) is 18.1. The molecule has 0 spiro atoms. The number of nitrogens with one attached hydrogen (secondary N) is 1. The number of rotatable bonds is 6. The third kappa shape index (κ3) is 8.00. The van der Waals surface area contributed by atoms with E-state index in [0.717, 1.165) is 16.7 Å². The Balaban J connectivity index is 1.97. The van der Waals surface area contributed by atoms with Crippen molar-refractivity contribution in [2.24, 2.45) is 9.39 Å². The van der Waals surface area contributed by atoms with Crippen LogP contribution < -0.4 is 5.32 Å². The molecule has 1 N–H and O–H groups in total. The smallest absolute Gasteiger partial charge is 0.283 e. The van der Waals surface area contributed by atoms with E-state index in [1.54, 1.807) is 36.4 Å². The van der Waals surface area contributed by atoms with Crippen LogP contribution in [0.2, 0.25) is 5.02 Å². The third-order valence-corrected chi connectivity index (χ3v) is 6.75. The van der Waals surface area contributed by atoms with Crippen molar-refractivity contribution in [2.75, 3.05) is 0 Å². The van der Waals surface area contributed by atoms with Gasteiger partial charge in [0.15, 0.2) is 5.84 Å². The maximum atomic E-state index is 13.0. The normalized spacial score (nSPS) is 13.1. The number of sulfonamides is 1. The Bertz CT molecular complexity index is 1270. The van der Waals surface area contributed by atoms with Gasteiger partial charge in [0.25, 0.3) is 10.0 Å². The molecule has 0 unspecified atom stereocenters. The Morgan fingerprint density at radius 1 is 0.882 bits per heavy atom. The van der Waals surface area contributed by atoms with Crippen molar-refractivity contribution >= 4 is 68.1 Å². The summed E-state index contributed by atoms with van der Waals surface area (Å²) in [7, 11) is -4.03. The van der Waals surface area contributed by atoms with E-state index in [9.17, 15) is 8.42 Å². The average molecular weight is 557 g/mol. The summed E-state index contributed by atoms with van der Waals surface area (Å²) in [4.78, 5) is 4.44. The summed E-state index contributed by atoms with van der Waals surface area (Å²) < 4.78 is 28.1. The van der Waals surface area contributed by atoms with Gasteiger partial charge in [-0.15, -0.1) is 4.40 Å². The lowest BCUT2D eigenvalue weighted by Gasteiger charge is -2.18. The highest BCUT2D eigenvalue weighted by Crippen LogP contribution is 2.28. The first-order valence-electron chi connectivity index (χ1n) is 10.1. The third-order valence-electron chi connectivity index (χ3n) is 4.63. The Morgan fingerprint density at radius 2 is 1.50 bits per heavy atom. The van der Waals surface area contributed by atoms with E-state index in [0.29, 0.717) is 5.02 Å². The molecule has 0 heterocycles. The molecule has 0 saturated carbocycles. The predicted octanol–water partition coefficient (Wildman–Crippen LogP) is 6.54. The molecule has 0 atom stereocenters. The number of aryl methyl sites for hydroxylation is 1. The molecule has 0 aromatic heterocycles. The van der Waals surface area contributed by atoms with Crippen molar-refractivity contribution in [3.8, 4) is 0 Å². The lowest BCUT2D eigenvalue weighted by molar-refractivity contribution is 0.598. The number of hydrogen-bond donors (Lipinski definition) is 1. The standard InChI is InChI=1S/C24H21Cl4N3O2S/c1-17-7-13-21(14-8-17)34(32,33)31-22(15-18-5-3-2-4-6-18)30-23(24(26,27)28)29-16-19-9-11-20(25)12-10-19/h2-14H,15-16H2,1H3,(H,29,30,31). The summed E-state index contributed by atoms with van der Waals surface area (Å²) in [6.07, 6.45) is 0.145. The molecule has 0 aliphatic rings. The first kappa shape index (κ1) is 26.5. The first-order chi connectivity index (χ1) is 16.0. The van der Waals surface area contributed by atoms with Crippen LogP contribution in [0.1, 0.15) is 16.7 Å². The zero-order chi connectivity index (χ0) is 24.8. The van der Waals surface area contributed by atoms with Gasteiger partial charge in [-0.1, -0.05) is 107 Å². The van der Waals surface area contributed by atoms with Gasteiger partial charge in [-0.05, 0) is 42.3 Å². The molecular weight excluding hydrogens is 536 g/mol. The number of benzene rings is 3. The number of nitrogens with zero attached hydrogens (tertiary/aromatic N) is 2.